The van der Waals surface area contributed by atoms with Gasteiger partial charge in [-0.3, -0.25) is 14.2 Å². The van der Waals surface area contributed by atoms with Gasteiger partial charge in [0, 0.05) is 30.1 Å². The number of amides is 1. The van der Waals surface area contributed by atoms with E-state index in [0.29, 0.717) is 12.1 Å². The minimum absolute atomic E-state index is 0.0942. The topological polar surface area (TPSA) is 51.1 Å². The first-order valence-electron chi connectivity index (χ1n) is 5.78. The van der Waals surface area contributed by atoms with Crippen molar-refractivity contribution in [1.29, 1.82) is 0 Å². The standard InChI is InChI=1S/C14H14N2O2/c1-2-15-14(18)11-6-8-12(9-7-11)16-10-4-3-5-13(16)17/h3-10H,2H2,1H3,(H,15,18). The Morgan fingerprint density at radius 3 is 2.50 bits per heavy atom. The summed E-state index contributed by atoms with van der Waals surface area (Å²) in [6.07, 6.45) is 1.70. The second kappa shape index (κ2) is 5.31. The van der Waals surface area contributed by atoms with Crippen molar-refractivity contribution in [2.75, 3.05) is 6.54 Å². The molecule has 1 N–H and O–H groups in total. The number of hydrogen-bond donors (Lipinski definition) is 1. The smallest absolute Gasteiger partial charge is 0.255 e. The van der Waals surface area contributed by atoms with Crippen molar-refractivity contribution < 1.29 is 4.79 Å². The molecule has 4 heteroatoms. The van der Waals surface area contributed by atoms with Crippen molar-refractivity contribution in [3.05, 3.63) is 64.6 Å². The molecule has 92 valence electrons. The zero-order valence-corrected chi connectivity index (χ0v) is 10.1. The first-order valence-corrected chi connectivity index (χ1v) is 5.78. The Labute approximate surface area is 105 Å². The molecule has 0 atom stereocenters. The van der Waals surface area contributed by atoms with Gasteiger partial charge < -0.3 is 5.32 Å². The van der Waals surface area contributed by atoms with Crippen LogP contribution >= 0.6 is 0 Å². The Hall–Kier alpha value is -2.36. The second-order valence-corrected chi connectivity index (χ2v) is 3.82. The molecule has 2 rings (SSSR count). The predicted octanol–water partition coefficient (Wildman–Crippen LogP) is 1.59. The van der Waals surface area contributed by atoms with E-state index >= 15 is 0 Å². The fourth-order valence-electron chi connectivity index (χ4n) is 1.68. The number of hydrogen-bond acceptors (Lipinski definition) is 2. The van der Waals surface area contributed by atoms with Gasteiger partial charge in [0.1, 0.15) is 0 Å². The van der Waals surface area contributed by atoms with Gasteiger partial charge in [-0.1, -0.05) is 6.07 Å². The molecule has 0 saturated heterocycles. The second-order valence-electron chi connectivity index (χ2n) is 3.82. The van der Waals surface area contributed by atoms with Crippen LogP contribution in [-0.2, 0) is 0 Å². The summed E-state index contributed by atoms with van der Waals surface area (Å²) < 4.78 is 1.53. The van der Waals surface area contributed by atoms with Crippen LogP contribution < -0.4 is 10.9 Å². The highest BCUT2D eigenvalue weighted by molar-refractivity contribution is 5.94. The van der Waals surface area contributed by atoms with E-state index in [2.05, 4.69) is 5.32 Å². The largest absolute Gasteiger partial charge is 0.352 e. The Balaban J connectivity index is 2.31. The SMILES string of the molecule is CCNC(=O)c1ccc(-n2ccccc2=O)cc1. The van der Waals surface area contributed by atoms with E-state index in [4.69, 9.17) is 0 Å². The molecule has 0 fully saturated rings. The van der Waals surface area contributed by atoms with E-state index in [9.17, 15) is 9.59 Å². The van der Waals surface area contributed by atoms with Crippen molar-refractivity contribution in [1.82, 2.24) is 9.88 Å². The molecule has 0 aliphatic rings. The summed E-state index contributed by atoms with van der Waals surface area (Å²) >= 11 is 0. The summed E-state index contributed by atoms with van der Waals surface area (Å²) in [4.78, 5) is 23.2. The lowest BCUT2D eigenvalue weighted by Gasteiger charge is -2.06. The van der Waals surface area contributed by atoms with E-state index in [1.807, 2.05) is 6.92 Å². The summed E-state index contributed by atoms with van der Waals surface area (Å²) in [5, 5.41) is 2.72. The van der Waals surface area contributed by atoms with Gasteiger partial charge >= 0.3 is 0 Å². The van der Waals surface area contributed by atoms with Crippen LogP contribution in [0.1, 0.15) is 17.3 Å². The molecule has 1 aromatic carbocycles. The normalized spacial score (nSPS) is 10.1. The van der Waals surface area contributed by atoms with Gasteiger partial charge in [-0.25, -0.2) is 0 Å². The number of carbonyl (C=O) groups is 1. The van der Waals surface area contributed by atoms with Gasteiger partial charge in [-0.05, 0) is 37.3 Å². The van der Waals surface area contributed by atoms with Crippen molar-refractivity contribution >= 4 is 5.91 Å². The third-order valence-electron chi connectivity index (χ3n) is 2.57. The zero-order chi connectivity index (χ0) is 13.0. The van der Waals surface area contributed by atoms with Crippen LogP contribution in [0, 0.1) is 0 Å². The highest BCUT2D eigenvalue weighted by Crippen LogP contribution is 2.07. The molecule has 1 heterocycles. The van der Waals surface area contributed by atoms with E-state index < -0.39 is 0 Å². The lowest BCUT2D eigenvalue weighted by molar-refractivity contribution is 0.0956. The number of nitrogens with zero attached hydrogens (tertiary/aromatic N) is 1. The fraction of sp³-hybridized carbons (Fsp3) is 0.143. The van der Waals surface area contributed by atoms with Gasteiger partial charge in [-0.2, -0.15) is 0 Å². The average molecular weight is 242 g/mol. The maximum atomic E-state index is 11.6. The quantitative estimate of drug-likeness (QED) is 0.888. The minimum Gasteiger partial charge on any atom is -0.352 e. The van der Waals surface area contributed by atoms with Crippen molar-refractivity contribution in [3.63, 3.8) is 0 Å². The van der Waals surface area contributed by atoms with Gasteiger partial charge in [0.25, 0.3) is 11.5 Å². The molecule has 18 heavy (non-hydrogen) atoms. The van der Waals surface area contributed by atoms with E-state index in [-0.39, 0.29) is 11.5 Å². The van der Waals surface area contributed by atoms with Crippen molar-refractivity contribution in [2.24, 2.45) is 0 Å². The maximum Gasteiger partial charge on any atom is 0.255 e. The molecule has 2 aromatic rings. The van der Waals surface area contributed by atoms with Crippen LogP contribution in [0.15, 0.2) is 53.5 Å². The number of carbonyl (C=O) groups excluding carboxylic acids is 1. The van der Waals surface area contributed by atoms with E-state index in [1.54, 1.807) is 42.6 Å². The maximum absolute atomic E-state index is 11.6. The molecule has 1 aromatic heterocycles. The van der Waals surface area contributed by atoms with Crippen LogP contribution in [-0.4, -0.2) is 17.0 Å². The van der Waals surface area contributed by atoms with E-state index in [0.717, 1.165) is 5.69 Å². The molecule has 0 radical (unpaired) electrons. The molecule has 0 spiro atoms. The monoisotopic (exact) mass is 242 g/mol. The Kier molecular flexibility index (Phi) is 3.57. The first-order chi connectivity index (χ1) is 8.72. The van der Waals surface area contributed by atoms with E-state index in [1.165, 1.54) is 10.6 Å². The number of rotatable bonds is 3. The number of pyridine rings is 1. The average Bonchev–Trinajstić information content (AvgIpc) is 2.40. The molecular formula is C14H14N2O2. The van der Waals surface area contributed by atoms with Gasteiger partial charge in [-0.15, -0.1) is 0 Å². The summed E-state index contributed by atoms with van der Waals surface area (Å²) in [6.45, 7) is 2.47. The molecule has 0 aliphatic carbocycles. The van der Waals surface area contributed by atoms with Gasteiger partial charge in [0.15, 0.2) is 0 Å². The molecule has 0 aliphatic heterocycles. The molecule has 1 amide bonds. The summed E-state index contributed by atoms with van der Waals surface area (Å²) in [7, 11) is 0. The Bertz CT molecular complexity index is 600. The molecular weight excluding hydrogens is 228 g/mol. The zero-order valence-electron chi connectivity index (χ0n) is 10.1. The molecule has 0 saturated carbocycles. The first kappa shape index (κ1) is 12.1. The summed E-state index contributed by atoms with van der Waals surface area (Å²) in [6, 6.07) is 11.9. The van der Waals surface area contributed by atoms with Crippen molar-refractivity contribution in [3.8, 4) is 5.69 Å². The number of benzene rings is 1. The minimum atomic E-state index is -0.107. The molecule has 4 nitrogen and oxygen atoms in total. The highest BCUT2D eigenvalue weighted by Gasteiger charge is 2.04. The van der Waals surface area contributed by atoms with Crippen LogP contribution in [0.5, 0.6) is 0 Å². The highest BCUT2D eigenvalue weighted by atomic mass is 16.1. The van der Waals surface area contributed by atoms with Gasteiger partial charge in [0.05, 0.1) is 0 Å². The number of nitrogens with one attached hydrogen (secondary N) is 1. The molecule has 0 bridgehead atoms. The van der Waals surface area contributed by atoms with Crippen LogP contribution in [0.25, 0.3) is 5.69 Å². The lowest BCUT2D eigenvalue weighted by Crippen LogP contribution is -2.22. The van der Waals surface area contributed by atoms with Crippen LogP contribution in [0.4, 0.5) is 0 Å². The summed E-state index contributed by atoms with van der Waals surface area (Å²) in [5.41, 5.74) is 1.24. The molecule has 0 unspecified atom stereocenters. The summed E-state index contributed by atoms with van der Waals surface area (Å²) in [5.74, 6) is -0.107. The third-order valence-corrected chi connectivity index (χ3v) is 2.57. The Morgan fingerprint density at radius 2 is 1.89 bits per heavy atom. The van der Waals surface area contributed by atoms with Gasteiger partial charge in [0.2, 0.25) is 0 Å². The van der Waals surface area contributed by atoms with Crippen LogP contribution in [0.2, 0.25) is 0 Å². The predicted molar refractivity (Wildman–Crippen MR) is 70.0 cm³/mol. The Morgan fingerprint density at radius 1 is 1.17 bits per heavy atom. The van der Waals surface area contributed by atoms with Crippen molar-refractivity contribution in [2.45, 2.75) is 6.92 Å². The third kappa shape index (κ3) is 2.48. The number of aromatic nitrogens is 1. The lowest BCUT2D eigenvalue weighted by atomic mass is 10.2. The fourth-order valence-corrected chi connectivity index (χ4v) is 1.68. The van der Waals surface area contributed by atoms with Crippen LogP contribution in [0.3, 0.4) is 0 Å².